The van der Waals surface area contributed by atoms with Crippen molar-refractivity contribution in [3.8, 4) is 0 Å². The maximum Gasteiger partial charge on any atom is 0.192 e. The Bertz CT molecular complexity index is 650. The van der Waals surface area contributed by atoms with Crippen LogP contribution in [0.3, 0.4) is 0 Å². The highest BCUT2D eigenvalue weighted by Gasteiger charge is 2.30. The summed E-state index contributed by atoms with van der Waals surface area (Å²) in [5, 5.41) is 1.30. The number of guanidine groups is 1. The molecule has 0 amide bonds. The number of rotatable bonds is 3. The molecule has 2 aromatic rings. The van der Waals surface area contributed by atoms with E-state index in [0.29, 0.717) is 29.1 Å². The van der Waals surface area contributed by atoms with E-state index in [4.69, 9.17) is 28.9 Å². The minimum atomic E-state index is -0.0218. The smallest absolute Gasteiger partial charge is 0.192 e. The van der Waals surface area contributed by atoms with E-state index in [1.54, 1.807) is 0 Å². The zero-order valence-electron chi connectivity index (χ0n) is 11.3. The molecule has 5 heteroatoms. The van der Waals surface area contributed by atoms with Gasteiger partial charge >= 0.3 is 0 Å². The van der Waals surface area contributed by atoms with E-state index >= 15 is 0 Å². The van der Waals surface area contributed by atoms with Gasteiger partial charge in [-0.3, -0.25) is 4.99 Å². The molecule has 1 heterocycles. The minimum Gasteiger partial charge on any atom is -0.370 e. The molecule has 1 atom stereocenters. The van der Waals surface area contributed by atoms with Gasteiger partial charge in [-0.15, -0.1) is 0 Å². The molecule has 0 saturated heterocycles. The molecule has 108 valence electrons. The van der Waals surface area contributed by atoms with Crippen LogP contribution in [0.1, 0.15) is 17.2 Å². The van der Waals surface area contributed by atoms with Gasteiger partial charge in [0.1, 0.15) is 0 Å². The maximum absolute atomic E-state index is 6.32. The van der Waals surface area contributed by atoms with E-state index in [1.807, 2.05) is 41.3 Å². The Hall–Kier alpha value is -1.71. The Labute approximate surface area is 134 Å². The lowest BCUT2D eigenvalue weighted by Gasteiger charge is -2.28. The predicted molar refractivity (Wildman–Crippen MR) is 87.7 cm³/mol. The lowest BCUT2D eigenvalue weighted by Crippen LogP contribution is -2.35. The van der Waals surface area contributed by atoms with Crippen LogP contribution in [0.25, 0.3) is 0 Å². The monoisotopic (exact) mass is 319 g/mol. The number of aliphatic imine (C=N–C) groups is 1. The SMILES string of the molecule is NC1=NCC(c2c(Cl)cccc2Cl)N1Cc1ccccc1. The summed E-state index contributed by atoms with van der Waals surface area (Å²) in [5.41, 5.74) is 8.11. The number of nitrogens with two attached hydrogens (primary N) is 1. The summed E-state index contributed by atoms with van der Waals surface area (Å²) in [6.45, 7) is 1.25. The third-order valence-electron chi connectivity index (χ3n) is 3.63. The molecule has 0 aromatic heterocycles. The summed E-state index contributed by atoms with van der Waals surface area (Å²) >= 11 is 12.6. The molecule has 0 saturated carbocycles. The van der Waals surface area contributed by atoms with E-state index in [-0.39, 0.29) is 6.04 Å². The van der Waals surface area contributed by atoms with Gasteiger partial charge in [-0.25, -0.2) is 0 Å². The van der Waals surface area contributed by atoms with Crippen LogP contribution in [-0.2, 0) is 6.54 Å². The fourth-order valence-electron chi connectivity index (χ4n) is 2.58. The van der Waals surface area contributed by atoms with Crippen molar-refractivity contribution in [1.82, 2.24) is 4.90 Å². The highest BCUT2D eigenvalue weighted by Crippen LogP contribution is 2.36. The van der Waals surface area contributed by atoms with Crippen molar-refractivity contribution in [2.24, 2.45) is 10.7 Å². The molecule has 3 rings (SSSR count). The third-order valence-corrected chi connectivity index (χ3v) is 4.28. The molecular weight excluding hydrogens is 305 g/mol. The topological polar surface area (TPSA) is 41.6 Å². The van der Waals surface area contributed by atoms with Crippen molar-refractivity contribution >= 4 is 29.2 Å². The minimum absolute atomic E-state index is 0.0218. The van der Waals surface area contributed by atoms with Gasteiger partial charge in [0.05, 0.1) is 12.6 Å². The van der Waals surface area contributed by atoms with Crippen LogP contribution < -0.4 is 5.73 Å². The molecule has 3 nitrogen and oxygen atoms in total. The summed E-state index contributed by atoms with van der Waals surface area (Å²) in [4.78, 5) is 6.40. The van der Waals surface area contributed by atoms with Crippen LogP contribution in [0.2, 0.25) is 10.0 Å². The van der Waals surface area contributed by atoms with Crippen LogP contribution in [0.5, 0.6) is 0 Å². The molecule has 2 aromatic carbocycles. The predicted octanol–water partition coefficient (Wildman–Crippen LogP) is 3.87. The number of hydrogen-bond donors (Lipinski definition) is 1. The van der Waals surface area contributed by atoms with Crippen LogP contribution in [0, 0.1) is 0 Å². The Kier molecular flexibility index (Phi) is 4.04. The molecular formula is C16H15Cl2N3. The van der Waals surface area contributed by atoms with E-state index in [0.717, 1.165) is 5.56 Å². The number of hydrogen-bond acceptors (Lipinski definition) is 3. The molecule has 0 radical (unpaired) electrons. The van der Waals surface area contributed by atoms with Crippen LogP contribution in [-0.4, -0.2) is 17.4 Å². The molecule has 1 aliphatic heterocycles. The molecule has 1 aliphatic rings. The highest BCUT2D eigenvalue weighted by atomic mass is 35.5. The van der Waals surface area contributed by atoms with E-state index < -0.39 is 0 Å². The van der Waals surface area contributed by atoms with Crippen molar-refractivity contribution in [2.45, 2.75) is 12.6 Å². The fourth-order valence-corrected chi connectivity index (χ4v) is 3.23. The Morgan fingerprint density at radius 1 is 1.05 bits per heavy atom. The lowest BCUT2D eigenvalue weighted by atomic mass is 10.1. The van der Waals surface area contributed by atoms with Crippen molar-refractivity contribution < 1.29 is 0 Å². The van der Waals surface area contributed by atoms with Crippen molar-refractivity contribution in [3.05, 3.63) is 69.7 Å². The molecule has 0 spiro atoms. The fraction of sp³-hybridized carbons (Fsp3) is 0.188. The zero-order valence-corrected chi connectivity index (χ0v) is 12.8. The quantitative estimate of drug-likeness (QED) is 0.933. The van der Waals surface area contributed by atoms with Crippen LogP contribution >= 0.6 is 23.2 Å². The Balaban J connectivity index is 1.92. The zero-order chi connectivity index (χ0) is 14.8. The van der Waals surface area contributed by atoms with Crippen molar-refractivity contribution in [2.75, 3.05) is 6.54 Å². The summed E-state index contributed by atoms with van der Waals surface area (Å²) < 4.78 is 0. The summed E-state index contributed by atoms with van der Waals surface area (Å²) in [6.07, 6.45) is 0. The van der Waals surface area contributed by atoms with Gasteiger partial charge in [0.15, 0.2) is 5.96 Å². The van der Waals surface area contributed by atoms with Crippen LogP contribution in [0.15, 0.2) is 53.5 Å². The van der Waals surface area contributed by atoms with Crippen molar-refractivity contribution in [3.63, 3.8) is 0 Å². The second-order valence-electron chi connectivity index (χ2n) is 4.96. The number of halogens is 2. The van der Waals surface area contributed by atoms with Gasteiger partial charge in [0, 0.05) is 22.2 Å². The van der Waals surface area contributed by atoms with E-state index in [9.17, 15) is 0 Å². The van der Waals surface area contributed by atoms with Gasteiger partial charge in [-0.2, -0.15) is 0 Å². The molecule has 0 bridgehead atoms. The molecule has 0 aliphatic carbocycles. The van der Waals surface area contributed by atoms with Gasteiger partial charge in [0.2, 0.25) is 0 Å². The molecule has 1 unspecified atom stereocenters. The average molecular weight is 320 g/mol. The first-order valence-electron chi connectivity index (χ1n) is 6.71. The Morgan fingerprint density at radius 2 is 1.71 bits per heavy atom. The molecule has 0 fully saturated rings. The summed E-state index contributed by atoms with van der Waals surface area (Å²) in [5.74, 6) is 0.528. The number of benzene rings is 2. The molecule has 21 heavy (non-hydrogen) atoms. The van der Waals surface area contributed by atoms with Gasteiger partial charge in [-0.05, 0) is 17.7 Å². The molecule has 2 N–H and O–H groups in total. The highest BCUT2D eigenvalue weighted by molar-refractivity contribution is 6.36. The summed E-state index contributed by atoms with van der Waals surface area (Å²) in [7, 11) is 0. The standard InChI is InChI=1S/C16H15Cl2N3/c17-12-7-4-8-13(18)15(12)14-9-20-16(19)21(14)10-11-5-2-1-3-6-11/h1-8,14H,9-10H2,(H2,19,20). The average Bonchev–Trinajstić information content (AvgIpc) is 2.82. The first kappa shape index (κ1) is 14.2. The van der Waals surface area contributed by atoms with E-state index in [2.05, 4.69) is 17.1 Å². The van der Waals surface area contributed by atoms with Gasteiger partial charge in [-0.1, -0.05) is 59.6 Å². The second-order valence-corrected chi connectivity index (χ2v) is 5.78. The third kappa shape index (κ3) is 2.85. The van der Waals surface area contributed by atoms with Crippen LogP contribution in [0.4, 0.5) is 0 Å². The second kappa shape index (κ2) is 5.96. The maximum atomic E-state index is 6.32. The summed E-state index contributed by atoms with van der Waals surface area (Å²) in [6, 6.07) is 15.7. The lowest BCUT2D eigenvalue weighted by molar-refractivity contribution is 0.340. The van der Waals surface area contributed by atoms with Gasteiger partial charge in [0.25, 0.3) is 0 Å². The Morgan fingerprint density at radius 3 is 2.38 bits per heavy atom. The van der Waals surface area contributed by atoms with Crippen molar-refractivity contribution in [1.29, 1.82) is 0 Å². The first-order chi connectivity index (χ1) is 10.2. The normalized spacial score (nSPS) is 17.9. The number of nitrogens with zero attached hydrogens (tertiary/aromatic N) is 2. The first-order valence-corrected chi connectivity index (χ1v) is 7.47. The van der Waals surface area contributed by atoms with E-state index in [1.165, 1.54) is 5.56 Å². The largest absolute Gasteiger partial charge is 0.370 e. The van der Waals surface area contributed by atoms with Gasteiger partial charge < -0.3 is 10.6 Å².